The van der Waals surface area contributed by atoms with E-state index in [1.165, 1.54) is 11.1 Å². The Balaban J connectivity index is 1.83. The van der Waals surface area contributed by atoms with Crippen LogP contribution in [0, 0.1) is 0 Å². The lowest BCUT2D eigenvalue weighted by atomic mass is 10.1. The first-order valence-electron chi connectivity index (χ1n) is 7.58. The topological polar surface area (TPSA) is 76.7 Å². The molecule has 1 unspecified atom stereocenters. The molecule has 2 aromatic rings. The highest BCUT2D eigenvalue weighted by molar-refractivity contribution is 5.49. The van der Waals surface area contributed by atoms with Crippen molar-refractivity contribution < 1.29 is 0 Å². The van der Waals surface area contributed by atoms with Crippen molar-refractivity contribution in [2.24, 2.45) is 0 Å². The summed E-state index contributed by atoms with van der Waals surface area (Å²) in [5.74, 6) is 0.624. The number of nitrogens with zero attached hydrogens (tertiary/aromatic N) is 3. The third kappa shape index (κ3) is 2.68. The zero-order chi connectivity index (χ0) is 14.8. The first kappa shape index (κ1) is 13.8. The summed E-state index contributed by atoms with van der Waals surface area (Å²) in [4.78, 5) is 4.61. The maximum absolute atomic E-state index is 5.84. The average molecular weight is 283 g/mol. The van der Waals surface area contributed by atoms with E-state index in [1.807, 2.05) is 6.07 Å². The van der Waals surface area contributed by atoms with Crippen LogP contribution in [-0.2, 0) is 19.3 Å². The van der Waals surface area contributed by atoms with Gasteiger partial charge in [-0.2, -0.15) is 5.10 Å². The Labute approximate surface area is 125 Å². The van der Waals surface area contributed by atoms with Gasteiger partial charge >= 0.3 is 0 Å². The lowest BCUT2D eigenvalue weighted by Crippen LogP contribution is -2.13. The Morgan fingerprint density at radius 3 is 2.76 bits per heavy atom. The van der Waals surface area contributed by atoms with Crippen molar-refractivity contribution in [1.29, 1.82) is 0 Å². The monoisotopic (exact) mass is 283 g/mol. The van der Waals surface area contributed by atoms with Crippen molar-refractivity contribution in [3.05, 3.63) is 40.7 Å². The minimum absolute atomic E-state index is 0.250. The molecule has 1 aliphatic rings. The van der Waals surface area contributed by atoms with Crippen molar-refractivity contribution >= 4 is 11.6 Å². The van der Waals surface area contributed by atoms with E-state index in [9.17, 15) is 0 Å². The molecule has 0 saturated carbocycles. The number of nitrogens with two attached hydrogens (primary N) is 1. The fourth-order valence-electron chi connectivity index (χ4n) is 2.94. The molecule has 3 N–H and O–H groups in total. The SMILES string of the molecule is CCc1nnc(NC2CCc3cc(N)ccc32)nc1CC. The second kappa shape index (κ2) is 5.68. The van der Waals surface area contributed by atoms with E-state index in [4.69, 9.17) is 5.73 Å². The summed E-state index contributed by atoms with van der Waals surface area (Å²) in [7, 11) is 0. The van der Waals surface area contributed by atoms with Gasteiger partial charge in [0.2, 0.25) is 5.95 Å². The summed E-state index contributed by atoms with van der Waals surface area (Å²) in [6, 6.07) is 6.37. The molecule has 0 aliphatic heterocycles. The van der Waals surface area contributed by atoms with E-state index in [0.29, 0.717) is 5.95 Å². The number of rotatable bonds is 4. The van der Waals surface area contributed by atoms with Crippen LogP contribution in [-0.4, -0.2) is 15.2 Å². The summed E-state index contributed by atoms with van der Waals surface area (Å²) in [6.45, 7) is 4.18. The van der Waals surface area contributed by atoms with E-state index in [0.717, 1.165) is 42.8 Å². The molecule has 0 fully saturated rings. The van der Waals surface area contributed by atoms with Crippen molar-refractivity contribution in [2.75, 3.05) is 11.1 Å². The van der Waals surface area contributed by atoms with Crippen LogP contribution in [0.3, 0.4) is 0 Å². The number of hydrogen-bond acceptors (Lipinski definition) is 5. The highest BCUT2D eigenvalue weighted by Crippen LogP contribution is 2.34. The molecule has 3 rings (SSSR count). The van der Waals surface area contributed by atoms with Gasteiger partial charge in [-0.3, -0.25) is 0 Å². The van der Waals surface area contributed by atoms with Crippen LogP contribution in [0.25, 0.3) is 0 Å². The van der Waals surface area contributed by atoms with Crippen LogP contribution < -0.4 is 11.1 Å². The minimum atomic E-state index is 0.250. The summed E-state index contributed by atoms with van der Waals surface area (Å²) >= 11 is 0. The Hall–Kier alpha value is -2.17. The normalized spacial score (nSPS) is 16.8. The predicted molar refractivity (Wildman–Crippen MR) is 84.1 cm³/mol. The maximum atomic E-state index is 5.84. The Kier molecular flexibility index (Phi) is 3.73. The average Bonchev–Trinajstić information content (AvgIpc) is 2.89. The third-order valence-electron chi connectivity index (χ3n) is 4.06. The molecule has 0 radical (unpaired) electrons. The largest absolute Gasteiger partial charge is 0.399 e. The van der Waals surface area contributed by atoms with Crippen molar-refractivity contribution in [3.8, 4) is 0 Å². The first-order chi connectivity index (χ1) is 10.2. The summed E-state index contributed by atoms with van der Waals surface area (Å²) in [5, 5.41) is 11.9. The first-order valence-corrected chi connectivity index (χ1v) is 7.58. The van der Waals surface area contributed by atoms with Gasteiger partial charge in [-0.05, 0) is 48.9 Å². The van der Waals surface area contributed by atoms with Gasteiger partial charge in [-0.15, -0.1) is 5.10 Å². The van der Waals surface area contributed by atoms with Gasteiger partial charge in [-0.25, -0.2) is 4.98 Å². The van der Waals surface area contributed by atoms with E-state index in [-0.39, 0.29) is 6.04 Å². The summed E-state index contributed by atoms with van der Waals surface area (Å²) in [5.41, 5.74) is 11.3. The van der Waals surface area contributed by atoms with Gasteiger partial charge in [0, 0.05) is 5.69 Å². The van der Waals surface area contributed by atoms with Crippen molar-refractivity contribution in [2.45, 2.75) is 45.6 Å². The van der Waals surface area contributed by atoms with Gasteiger partial charge in [0.15, 0.2) is 0 Å². The van der Waals surface area contributed by atoms with E-state index in [1.54, 1.807) is 0 Å². The zero-order valence-corrected chi connectivity index (χ0v) is 12.6. The number of anilines is 2. The molecule has 110 valence electrons. The number of aromatic nitrogens is 3. The smallest absolute Gasteiger partial charge is 0.243 e. The maximum Gasteiger partial charge on any atom is 0.243 e. The Morgan fingerprint density at radius 1 is 1.19 bits per heavy atom. The Bertz CT molecular complexity index is 653. The van der Waals surface area contributed by atoms with E-state index in [2.05, 4.69) is 46.5 Å². The van der Waals surface area contributed by atoms with E-state index >= 15 is 0 Å². The molecule has 0 bridgehead atoms. The van der Waals surface area contributed by atoms with Crippen LogP contribution in [0.1, 0.15) is 48.8 Å². The number of aryl methyl sites for hydroxylation is 3. The quantitative estimate of drug-likeness (QED) is 0.844. The molecule has 0 amide bonds. The molecule has 5 nitrogen and oxygen atoms in total. The predicted octanol–water partition coefficient (Wildman–Crippen LogP) is 2.68. The molecule has 21 heavy (non-hydrogen) atoms. The molecular formula is C16H21N5. The van der Waals surface area contributed by atoms with Gasteiger partial charge in [0.1, 0.15) is 0 Å². The fourth-order valence-corrected chi connectivity index (χ4v) is 2.94. The van der Waals surface area contributed by atoms with Gasteiger partial charge in [0.25, 0.3) is 0 Å². The highest BCUT2D eigenvalue weighted by atomic mass is 15.2. The molecule has 1 aromatic heterocycles. The van der Waals surface area contributed by atoms with E-state index < -0.39 is 0 Å². The van der Waals surface area contributed by atoms with Crippen LogP contribution >= 0.6 is 0 Å². The second-order valence-corrected chi connectivity index (χ2v) is 5.43. The summed E-state index contributed by atoms with van der Waals surface area (Å²) in [6.07, 6.45) is 3.83. The number of nitrogen functional groups attached to an aromatic ring is 1. The van der Waals surface area contributed by atoms with Crippen LogP contribution in [0.5, 0.6) is 0 Å². The minimum Gasteiger partial charge on any atom is -0.399 e. The number of hydrogen-bond donors (Lipinski definition) is 2. The van der Waals surface area contributed by atoms with Crippen LogP contribution in [0.4, 0.5) is 11.6 Å². The number of nitrogens with one attached hydrogen (secondary N) is 1. The molecule has 1 aliphatic carbocycles. The number of fused-ring (bicyclic) bond motifs is 1. The van der Waals surface area contributed by atoms with Crippen LogP contribution in [0.15, 0.2) is 18.2 Å². The molecule has 1 aromatic carbocycles. The Morgan fingerprint density at radius 2 is 2.00 bits per heavy atom. The van der Waals surface area contributed by atoms with Crippen molar-refractivity contribution in [3.63, 3.8) is 0 Å². The summed E-state index contributed by atoms with van der Waals surface area (Å²) < 4.78 is 0. The zero-order valence-electron chi connectivity index (χ0n) is 12.6. The molecule has 5 heteroatoms. The molecule has 0 saturated heterocycles. The van der Waals surface area contributed by atoms with Gasteiger partial charge in [0.05, 0.1) is 17.4 Å². The van der Waals surface area contributed by atoms with Crippen molar-refractivity contribution in [1.82, 2.24) is 15.2 Å². The second-order valence-electron chi connectivity index (χ2n) is 5.43. The molecular weight excluding hydrogens is 262 g/mol. The molecule has 1 heterocycles. The standard InChI is InChI=1S/C16H21N5/c1-3-13-14(4-2)20-21-16(18-13)19-15-8-5-10-9-11(17)6-7-12(10)15/h6-7,9,15H,3-5,8,17H2,1-2H3,(H,18,19,21). The molecule has 1 atom stereocenters. The van der Waals surface area contributed by atoms with Crippen LogP contribution in [0.2, 0.25) is 0 Å². The van der Waals surface area contributed by atoms with Gasteiger partial charge < -0.3 is 11.1 Å². The molecule has 0 spiro atoms. The number of benzene rings is 1. The van der Waals surface area contributed by atoms with Gasteiger partial charge in [-0.1, -0.05) is 19.9 Å². The lowest BCUT2D eigenvalue weighted by Gasteiger charge is -2.15. The lowest BCUT2D eigenvalue weighted by molar-refractivity contribution is 0.732. The fraction of sp³-hybridized carbons (Fsp3) is 0.438. The third-order valence-corrected chi connectivity index (χ3v) is 4.06. The highest BCUT2D eigenvalue weighted by Gasteiger charge is 2.23.